The molecule has 2 amide bonds. The van der Waals surface area contributed by atoms with Crippen molar-refractivity contribution in [1.82, 2.24) is 10.6 Å². The molecule has 0 bridgehead atoms. The smallest absolute Gasteiger partial charge is 0.407 e. The van der Waals surface area contributed by atoms with E-state index in [2.05, 4.69) is 17.6 Å². The summed E-state index contributed by atoms with van der Waals surface area (Å²) >= 11 is 0. The molecular formula is C31H56ClN3O3. The van der Waals surface area contributed by atoms with Gasteiger partial charge in [0.2, 0.25) is 6.41 Å². The number of nitrogens with zero attached hydrogens (tertiary/aromatic N) is 1. The fraction of sp³-hybridized carbons (Fsp3) is 0.742. The molecule has 1 aromatic carbocycles. The molecule has 6 nitrogen and oxygen atoms in total. The molecule has 0 aliphatic rings. The van der Waals surface area contributed by atoms with E-state index >= 15 is 0 Å². The van der Waals surface area contributed by atoms with Gasteiger partial charge in [-0.05, 0) is 19.0 Å². The van der Waals surface area contributed by atoms with Crippen molar-refractivity contribution in [1.29, 1.82) is 0 Å². The molecule has 38 heavy (non-hydrogen) atoms. The van der Waals surface area contributed by atoms with Gasteiger partial charge in [-0.2, -0.15) is 0 Å². The highest BCUT2D eigenvalue weighted by atomic mass is 35.5. The number of anilines is 1. The van der Waals surface area contributed by atoms with Crippen molar-refractivity contribution in [2.45, 2.75) is 123 Å². The van der Waals surface area contributed by atoms with Gasteiger partial charge < -0.3 is 20.3 Å². The number of hydrogen-bond donors (Lipinski definition) is 2. The largest absolute Gasteiger partial charge is 0.445 e. The van der Waals surface area contributed by atoms with Crippen molar-refractivity contribution in [2.24, 2.45) is 0 Å². The lowest BCUT2D eigenvalue weighted by atomic mass is 10.0. The van der Waals surface area contributed by atoms with Crippen molar-refractivity contribution in [3.63, 3.8) is 0 Å². The number of hydrogen-bond acceptors (Lipinski definition) is 4. The van der Waals surface area contributed by atoms with Crippen molar-refractivity contribution < 1.29 is 14.3 Å². The van der Waals surface area contributed by atoms with Gasteiger partial charge in [-0.25, -0.2) is 4.79 Å². The first-order valence-corrected chi connectivity index (χ1v) is 15.1. The lowest BCUT2D eigenvalue weighted by molar-refractivity contribution is -0.107. The Morgan fingerprint density at radius 3 is 1.84 bits per heavy atom. The second kappa shape index (κ2) is 26.8. The van der Waals surface area contributed by atoms with Gasteiger partial charge in [-0.15, -0.1) is 12.4 Å². The van der Waals surface area contributed by atoms with Gasteiger partial charge in [0.25, 0.3) is 0 Å². The molecule has 0 fully saturated rings. The lowest BCUT2D eigenvalue weighted by Crippen LogP contribution is -2.32. The number of likely N-dealkylation sites (N-methyl/N-ethyl adjacent to an activating group) is 1. The van der Waals surface area contributed by atoms with Crippen LogP contribution in [-0.2, 0) is 16.1 Å². The molecular weight excluding hydrogens is 498 g/mol. The summed E-state index contributed by atoms with van der Waals surface area (Å²) in [4.78, 5) is 25.5. The predicted octanol–water partition coefficient (Wildman–Crippen LogP) is 8.17. The number of halogens is 1. The molecule has 0 spiro atoms. The third kappa shape index (κ3) is 19.3. The highest BCUT2D eigenvalue weighted by molar-refractivity contribution is 5.85. The van der Waals surface area contributed by atoms with Gasteiger partial charge in [0.1, 0.15) is 6.61 Å². The van der Waals surface area contributed by atoms with Gasteiger partial charge in [0.15, 0.2) is 0 Å². The Kier molecular flexibility index (Phi) is 25.5. The summed E-state index contributed by atoms with van der Waals surface area (Å²) in [7, 11) is 0. The zero-order valence-electron chi connectivity index (χ0n) is 24.3. The van der Waals surface area contributed by atoms with Crippen LogP contribution in [0.2, 0.25) is 0 Å². The maximum Gasteiger partial charge on any atom is 0.407 e. The molecule has 2 N–H and O–H groups in total. The number of unbranched alkanes of at least 4 members (excludes halogenated alkanes) is 15. The normalized spacial score (nSPS) is 10.6. The van der Waals surface area contributed by atoms with Crippen molar-refractivity contribution in [3.05, 3.63) is 29.8 Å². The minimum atomic E-state index is -0.442. The van der Waals surface area contributed by atoms with Gasteiger partial charge in [0, 0.05) is 30.9 Å². The Hall–Kier alpha value is -1.79. The Labute approximate surface area is 239 Å². The highest BCUT2D eigenvalue weighted by Crippen LogP contribution is 2.21. The molecule has 0 saturated heterocycles. The standard InChI is InChI=1S/C31H55N3O3.ClH/c1-3-5-6-7-8-9-10-11-12-13-14-15-16-17-18-21-26-34(28-35)30-23-20-19-22-29(30)27-37-31(36)33-25-24-32-4-2;/h19-20,22-23,28,32H,3-18,21,24-27H2,1-2H3,(H,33,36);1H. The molecule has 0 aromatic heterocycles. The predicted molar refractivity (Wildman–Crippen MR) is 163 cm³/mol. The van der Waals surface area contributed by atoms with Crippen LogP contribution < -0.4 is 15.5 Å². The summed E-state index contributed by atoms with van der Waals surface area (Å²) in [6, 6.07) is 7.65. The fourth-order valence-electron chi connectivity index (χ4n) is 4.60. The maximum atomic E-state index is 11.9. The van der Waals surface area contributed by atoms with Crippen LogP contribution in [0.5, 0.6) is 0 Å². The average Bonchev–Trinajstić information content (AvgIpc) is 2.92. The highest BCUT2D eigenvalue weighted by Gasteiger charge is 2.12. The third-order valence-electron chi connectivity index (χ3n) is 6.86. The molecule has 0 aliphatic carbocycles. The molecule has 220 valence electrons. The summed E-state index contributed by atoms with van der Waals surface area (Å²) in [5, 5.41) is 5.88. The Morgan fingerprint density at radius 1 is 0.789 bits per heavy atom. The van der Waals surface area contributed by atoms with E-state index in [1.165, 1.54) is 89.9 Å². The van der Waals surface area contributed by atoms with E-state index in [1.54, 1.807) is 4.90 Å². The van der Waals surface area contributed by atoms with Gasteiger partial charge >= 0.3 is 6.09 Å². The molecule has 0 saturated carbocycles. The minimum absolute atomic E-state index is 0. The first kappa shape index (κ1) is 36.2. The van der Waals surface area contributed by atoms with Gasteiger partial charge in [-0.3, -0.25) is 4.79 Å². The van der Waals surface area contributed by atoms with Crippen LogP contribution in [0.25, 0.3) is 0 Å². The van der Waals surface area contributed by atoms with Crippen LogP contribution in [0.15, 0.2) is 24.3 Å². The molecule has 1 rings (SSSR count). The van der Waals surface area contributed by atoms with Crippen LogP contribution in [0.4, 0.5) is 10.5 Å². The van der Waals surface area contributed by atoms with E-state index in [9.17, 15) is 9.59 Å². The molecule has 0 aliphatic heterocycles. The summed E-state index contributed by atoms with van der Waals surface area (Å²) < 4.78 is 5.36. The monoisotopic (exact) mass is 553 g/mol. The van der Waals surface area contributed by atoms with Crippen molar-refractivity contribution >= 4 is 30.6 Å². The van der Waals surface area contributed by atoms with Crippen LogP contribution in [-0.4, -0.2) is 38.7 Å². The number of ether oxygens (including phenoxy) is 1. The van der Waals surface area contributed by atoms with Crippen molar-refractivity contribution in [2.75, 3.05) is 31.1 Å². The summed E-state index contributed by atoms with van der Waals surface area (Å²) in [6.07, 6.45) is 21.8. The Bertz CT molecular complexity index is 690. The van der Waals surface area contributed by atoms with Gasteiger partial charge in [0.05, 0.1) is 0 Å². The van der Waals surface area contributed by atoms with Gasteiger partial charge in [-0.1, -0.05) is 128 Å². The molecule has 0 unspecified atom stereocenters. The number of amides is 2. The Balaban J connectivity index is 0.0000137. The first-order valence-electron chi connectivity index (χ1n) is 15.1. The maximum absolute atomic E-state index is 11.9. The zero-order chi connectivity index (χ0) is 26.8. The van der Waals surface area contributed by atoms with Crippen LogP contribution in [0.1, 0.15) is 122 Å². The number of rotatable bonds is 25. The summed E-state index contributed by atoms with van der Waals surface area (Å²) in [5.41, 5.74) is 1.66. The van der Waals surface area contributed by atoms with E-state index in [4.69, 9.17) is 4.74 Å². The van der Waals surface area contributed by atoms with E-state index < -0.39 is 6.09 Å². The molecule has 0 radical (unpaired) electrons. The van der Waals surface area contributed by atoms with E-state index in [0.29, 0.717) is 19.6 Å². The van der Waals surface area contributed by atoms with Crippen LogP contribution in [0.3, 0.4) is 0 Å². The summed E-state index contributed by atoms with van der Waals surface area (Å²) in [6.45, 7) is 7.23. The molecule has 0 atom stereocenters. The first-order chi connectivity index (χ1) is 18.2. The number of alkyl carbamates (subject to hydrolysis) is 1. The lowest BCUT2D eigenvalue weighted by Gasteiger charge is -2.21. The third-order valence-corrected chi connectivity index (χ3v) is 6.86. The minimum Gasteiger partial charge on any atom is -0.445 e. The second-order valence-corrected chi connectivity index (χ2v) is 10.1. The number of carbonyl (C=O) groups is 2. The Morgan fingerprint density at radius 2 is 1.32 bits per heavy atom. The fourth-order valence-corrected chi connectivity index (χ4v) is 4.60. The van der Waals surface area contributed by atoms with Crippen molar-refractivity contribution in [3.8, 4) is 0 Å². The zero-order valence-corrected chi connectivity index (χ0v) is 25.1. The summed E-state index contributed by atoms with van der Waals surface area (Å²) in [5.74, 6) is 0. The van der Waals surface area contributed by atoms with Crippen LogP contribution >= 0.6 is 12.4 Å². The molecule has 1 aromatic rings. The topological polar surface area (TPSA) is 70.7 Å². The number of carbonyl (C=O) groups excluding carboxylic acids is 2. The molecule has 0 heterocycles. The van der Waals surface area contributed by atoms with E-state index in [0.717, 1.165) is 37.0 Å². The number of nitrogens with one attached hydrogen (secondary N) is 2. The molecule has 7 heteroatoms. The average molecular weight is 554 g/mol. The SMILES string of the molecule is CCCCCCCCCCCCCCCCCCN(C=O)c1ccccc1COC(=O)NCCNCC.Cl. The number of para-hydroxylation sites is 1. The second-order valence-electron chi connectivity index (χ2n) is 10.1. The van der Waals surface area contributed by atoms with E-state index in [1.807, 2.05) is 31.2 Å². The number of benzene rings is 1. The quantitative estimate of drug-likeness (QED) is 0.0945. The van der Waals surface area contributed by atoms with Crippen LogP contribution in [0, 0.1) is 0 Å². The van der Waals surface area contributed by atoms with E-state index in [-0.39, 0.29) is 19.0 Å².